The van der Waals surface area contributed by atoms with E-state index in [0.29, 0.717) is 5.69 Å². The second kappa shape index (κ2) is 3.65. The third kappa shape index (κ3) is 1.93. The van der Waals surface area contributed by atoms with Crippen molar-refractivity contribution in [1.82, 2.24) is 15.0 Å². The zero-order chi connectivity index (χ0) is 10.8. The summed E-state index contributed by atoms with van der Waals surface area (Å²) in [7, 11) is 0. The minimum Gasteiger partial charge on any atom is -0.293 e. The van der Waals surface area contributed by atoms with Crippen molar-refractivity contribution in [3.8, 4) is 5.69 Å². The molecule has 0 aliphatic heterocycles. The molecular formula is C11H11N3O. The van der Waals surface area contributed by atoms with Gasteiger partial charge in [0.1, 0.15) is 5.69 Å². The maximum absolute atomic E-state index is 11.0. The minimum absolute atomic E-state index is 0.0756. The van der Waals surface area contributed by atoms with E-state index >= 15 is 0 Å². The van der Waals surface area contributed by atoms with Crippen LogP contribution in [-0.2, 0) is 0 Å². The van der Waals surface area contributed by atoms with Crippen molar-refractivity contribution in [2.45, 2.75) is 13.8 Å². The average Bonchev–Trinajstić information content (AvgIpc) is 2.68. The molecule has 2 rings (SSSR count). The first-order chi connectivity index (χ1) is 7.16. The van der Waals surface area contributed by atoms with Crippen molar-refractivity contribution in [1.29, 1.82) is 0 Å². The van der Waals surface area contributed by atoms with Crippen LogP contribution >= 0.6 is 0 Å². The number of ketones is 1. The van der Waals surface area contributed by atoms with E-state index in [4.69, 9.17) is 0 Å². The van der Waals surface area contributed by atoms with Crippen LogP contribution in [0.1, 0.15) is 23.0 Å². The predicted molar refractivity (Wildman–Crippen MR) is 56.1 cm³/mol. The molecule has 4 heteroatoms. The molecule has 1 heterocycles. The highest BCUT2D eigenvalue weighted by Gasteiger charge is 2.05. The lowest BCUT2D eigenvalue weighted by Crippen LogP contribution is -1.94. The van der Waals surface area contributed by atoms with Gasteiger partial charge in [0.25, 0.3) is 0 Å². The summed E-state index contributed by atoms with van der Waals surface area (Å²) in [6, 6.07) is 7.86. The molecule has 4 nitrogen and oxygen atoms in total. The van der Waals surface area contributed by atoms with E-state index in [1.165, 1.54) is 12.5 Å². The highest BCUT2D eigenvalue weighted by atomic mass is 16.1. The van der Waals surface area contributed by atoms with Gasteiger partial charge in [0, 0.05) is 6.92 Å². The summed E-state index contributed by atoms with van der Waals surface area (Å²) < 4.78 is 1.59. The number of benzene rings is 1. The van der Waals surface area contributed by atoms with Gasteiger partial charge in [-0.15, -0.1) is 5.10 Å². The topological polar surface area (TPSA) is 47.8 Å². The Hall–Kier alpha value is -1.97. The molecule has 0 bridgehead atoms. The van der Waals surface area contributed by atoms with Crippen LogP contribution in [0.25, 0.3) is 5.69 Å². The molecule has 0 radical (unpaired) electrons. The number of rotatable bonds is 2. The van der Waals surface area contributed by atoms with Gasteiger partial charge in [-0.3, -0.25) is 4.79 Å². The molecule has 2 aromatic rings. The number of aromatic nitrogens is 3. The zero-order valence-corrected chi connectivity index (χ0v) is 8.64. The van der Waals surface area contributed by atoms with E-state index in [2.05, 4.69) is 10.3 Å². The summed E-state index contributed by atoms with van der Waals surface area (Å²) >= 11 is 0. The molecular weight excluding hydrogens is 190 g/mol. The van der Waals surface area contributed by atoms with Gasteiger partial charge in [0.15, 0.2) is 5.78 Å². The smallest absolute Gasteiger partial charge is 0.181 e. The first-order valence-electron chi connectivity index (χ1n) is 4.67. The van der Waals surface area contributed by atoms with Crippen LogP contribution in [0, 0.1) is 6.92 Å². The lowest BCUT2D eigenvalue weighted by molar-refractivity contribution is 0.101. The van der Waals surface area contributed by atoms with Crippen LogP contribution in [0.3, 0.4) is 0 Å². The highest BCUT2D eigenvalue weighted by Crippen LogP contribution is 2.08. The van der Waals surface area contributed by atoms with Crippen LogP contribution in [0.5, 0.6) is 0 Å². The summed E-state index contributed by atoms with van der Waals surface area (Å²) in [5.41, 5.74) is 2.47. The first-order valence-corrected chi connectivity index (χ1v) is 4.67. The van der Waals surface area contributed by atoms with Gasteiger partial charge in [-0.1, -0.05) is 22.9 Å². The van der Waals surface area contributed by atoms with Gasteiger partial charge < -0.3 is 0 Å². The molecule has 0 unspecified atom stereocenters. The van der Waals surface area contributed by atoms with Crippen LogP contribution < -0.4 is 0 Å². The van der Waals surface area contributed by atoms with Crippen LogP contribution in [0.2, 0.25) is 0 Å². The molecule has 76 valence electrons. The van der Waals surface area contributed by atoms with E-state index in [0.717, 1.165) is 5.69 Å². The number of aryl methyl sites for hydroxylation is 1. The van der Waals surface area contributed by atoms with Crippen LogP contribution in [0.15, 0.2) is 30.5 Å². The van der Waals surface area contributed by atoms with Crippen molar-refractivity contribution in [3.05, 3.63) is 41.7 Å². The molecule has 0 aliphatic carbocycles. The fraction of sp³-hybridized carbons (Fsp3) is 0.182. The zero-order valence-electron chi connectivity index (χ0n) is 8.64. The highest BCUT2D eigenvalue weighted by molar-refractivity contribution is 5.91. The molecule has 0 saturated carbocycles. The van der Waals surface area contributed by atoms with E-state index in [1.807, 2.05) is 31.2 Å². The van der Waals surface area contributed by atoms with E-state index in [1.54, 1.807) is 10.9 Å². The molecule has 0 fully saturated rings. The van der Waals surface area contributed by atoms with Crippen LogP contribution in [0.4, 0.5) is 0 Å². The molecule has 1 aromatic heterocycles. The monoisotopic (exact) mass is 201 g/mol. The lowest BCUT2D eigenvalue weighted by atomic mass is 10.2. The molecule has 0 aliphatic rings. The van der Waals surface area contributed by atoms with Crippen molar-refractivity contribution in [2.24, 2.45) is 0 Å². The summed E-state index contributed by atoms with van der Waals surface area (Å²) in [5, 5.41) is 7.66. The van der Waals surface area contributed by atoms with Gasteiger partial charge >= 0.3 is 0 Å². The van der Waals surface area contributed by atoms with Gasteiger partial charge in [-0.2, -0.15) is 0 Å². The third-order valence-corrected chi connectivity index (χ3v) is 2.15. The van der Waals surface area contributed by atoms with E-state index < -0.39 is 0 Å². The summed E-state index contributed by atoms with van der Waals surface area (Å²) in [6.45, 7) is 3.50. The summed E-state index contributed by atoms with van der Waals surface area (Å²) in [5.74, 6) is -0.0756. The second-order valence-electron chi connectivity index (χ2n) is 3.44. The number of nitrogens with zero attached hydrogens (tertiary/aromatic N) is 3. The number of hydrogen-bond acceptors (Lipinski definition) is 3. The first kappa shape index (κ1) is 9.58. The predicted octanol–water partition coefficient (Wildman–Crippen LogP) is 1.78. The van der Waals surface area contributed by atoms with Crippen molar-refractivity contribution in [2.75, 3.05) is 0 Å². The standard InChI is InChI=1S/C11H11N3O/c1-8-3-5-10(6-4-8)14-7-11(9(2)15)12-13-14/h3-7H,1-2H3. The fourth-order valence-electron chi connectivity index (χ4n) is 1.25. The van der Waals surface area contributed by atoms with Crippen LogP contribution in [-0.4, -0.2) is 20.8 Å². The average molecular weight is 201 g/mol. The lowest BCUT2D eigenvalue weighted by Gasteiger charge is -1.99. The molecule has 0 saturated heterocycles. The quantitative estimate of drug-likeness (QED) is 0.696. The van der Waals surface area contributed by atoms with E-state index in [-0.39, 0.29) is 5.78 Å². The minimum atomic E-state index is -0.0756. The summed E-state index contributed by atoms with van der Waals surface area (Å²) in [6.07, 6.45) is 1.63. The Kier molecular flexibility index (Phi) is 2.33. The Balaban J connectivity index is 2.37. The Morgan fingerprint density at radius 3 is 2.47 bits per heavy atom. The number of Topliss-reactive ketones (excluding diaryl/α,β-unsaturated/α-hetero) is 1. The summed E-state index contributed by atoms with van der Waals surface area (Å²) in [4.78, 5) is 11.0. The Morgan fingerprint density at radius 1 is 1.27 bits per heavy atom. The van der Waals surface area contributed by atoms with Crippen molar-refractivity contribution < 1.29 is 4.79 Å². The van der Waals surface area contributed by atoms with Crippen molar-refractivity contribution >= 4 is 5.78 Å². The van der Waals surface area contributed by atoms with Gasteiger partial charge in [0.05, 0.1) is 11.9 Å². The molecule has 0 amide bonds. The number of hydrogen-bond donors (Lipinski definition) is 0. The SMILES string of the molecule is CC(=O)c1cn(-c2ccc(C)cc2)nn1. The second-order valence-corrected chi connectivity index (χ2v) is 3.44. The molecule has 0 atom stereocenters. The maximum atomic E-state index is 11.0. The molecule has 1 aromatic carbocycles. The molecule has 0 spiro atoms. The number of carbonyl (C=O) groups is 1. The maximum Gasteiger partial charge on any atom is 0.181 e. The Morgan fingerprint density at radius 2 is 1.93 bits per heavy atom. The van der Waals surface area contributed by atoms with E-state index in [9.17, 15) is 4.79 Å². The molecule has 0 N–H and O–H groups in total. The van der Waals surface area contributed by atoms with Crippen molar-refractivity contribution in [3.63, 3.8) is 0 Å². The fourth-order valence-corrected chi connectivity index (χ4v) is 1.25. The normalized spacial score (nSPS) is 10.3. The largest absolute Gasteiger partial charge is 0.293 e. The van der Waals surface area contributed by atoms with Gasteiger partial charge in [-0.05, 0) is 19.1 Å². The van der Waals surface area contributed by atoms with Gasteiger partial charge in [0.2, 0.25) is 0 Å². The Bertz CT molecular complexity index is 485. The van der Waals surface area contributed by atoms with Gasteiger partial charge in [-0.25, -0.2) is 4.68 Å². The number of carbonyl (C=O) groups excluding carboxylic acids is 1. The molecule has 15 heavy (non-hydrogen) atoms. The third-order valence-electron chi connectivity index (χ3n) is 2.15. The Labute approximate surface area is 87.5 Å².